The molecule has 69 heavy (non-hydrogen) atoms. The van der Waals surface area contributed by atoms with Crippen LogP contribution < -0.4 is 0 Å². The number of hydrogen-bond acceptors (Lipinski definition) is 6. The Balaban J connectivity index is 4.51. The summed E-state index contributed by atoms with van der Waals surface area (Å²) >= 11 is 0. The lowest BCUT2D eigenvalue weighted by Crippen LogP contribution is -2.30. The number of unbranched alkanes of at least 4 members (excludes halogenated alkanes) is 24. The van der Waals surface area contributed by atoms with Gasteiger partial charge in [0.05, 0.1) is 0 Å². The van der Waals surface area contributed by atoms with E-state index >= 15 is 0 Å². The van der Waals surface area contributed by atoms with E-state index in [0.29, 0.717) is 19.3 Å². The monoisotopic (exact) mass is 959 g/mol. The van der Waals surface area contributed by atoms with E-state index in [2.05, 4.69) is 112 Å². The molecule has 0 aromatic rings. The lowest BCUT2D eigenvalue weighted by Gasteiger charge is -2.18. The van der Waals surface area contributed by atoms with Crippen LogP contribution >= 0.6 is 0 Å². The summed E-state index contributed by atoms with van der Waals surface area (Å²) in [4.78, 5) is 38.1. The first-order chi connectivity index (χ1) is 34.0. The topological polar surface area (TPSA) is 78.9 Å². The first-order valence-corrected chi connectivity index (χ1v) is 28.7. The van der Waals surface area contributed by atoms with Crippen LogP contribution in [-0.4, -0.2) is 37.2 Å². The summed E-state index contributed by atoms with van der Waals surface area (Å²) < 4.78 is 16.8. The molecular formula is C63H106O6. The second-order valence-electron chi connectivity index (χ2n) is 18.8. The van der Waals surface area contributed by atoms with E-state index in [4.69, 9.17) is 14.2 Å². The van der Waals surface area contributed by atoms with Crippen LogP contribution in [0.5, 0.6) is 0 Å². The Morgan fingerprint density at radius 2 is 0.594 bits per heavy atom. The second-order valence-corrected chi connectivity index (χ2v) is 18.8. The Morgan fingerprint density at radius 3 is 0.971 bits per heavy atom. The van der Waals surface area contributed by atoms with Gasteiger partial charge in [0.25, 0.3) is 0 Å². The SMILES string of the molecule is CC/C=C\C/C=C\C/C=C\C/C=C\C/C=C\C/C=C\CCC(=O)O[C@H](COC(=O)CCCCCCCCC/C=C\C/C=C\CCCCC)COC(=O)CCCCCCCCCCCCCCCCC. The van der Waals surface area contributed by atoms with Crippen LogP contribution in [0, 0.1) is 0 Å². The normalized spacial score (nSPS) is 12.8. The maximum Gasteiger partial charge on any atom is 0.306 e. The van der Waals surface area contributed by atoms with E-state index in [1.807, 2.05) is 6.08 Å². The smallest absolute Gasteiger partial charge is 0.306 e. The molecule has 0 fully saturated rings. The van der Waals surface area contributed by atoms with Gasteiger partial charge in [-0.3, -0.25) is 14.4 Å². The summed E-state index contributed by atoms with van der Waals surface area (Å²) in [6.07, 6.45) is 75.5. The number of allylic oxidation sites excluding steroid dienone is 16. The second kappa shape index (κ2) is 56.9. The van der Waals surface area contributed by atoms with Crippen molar-refractivity contribution in [2.24, 2.45) is 0 Å². The van der Waals surface area contributed by atoms with E-state index in [1.54, 1.807) is 0 Å². The quantitative estimate of drug-likeness (QED) is 0.0262. The number of rotatable bonds is 51. The van der Waals surface area contributed by atoms with Crippen LogP contribution in [0.25, 0.3) is 0 Å². The van der Waals surface area contributed by atoms with Crippen molar-refractivity contribution in [3.63, 3.8) is 0 Å². The molecule has 0 aliphatic heterocycles. The highest BCUT2D eigenvalue weighted by atomic mass is 16.6. The predicted molar refractivity (Wildman–Crippen MR) is 297 cm³/mol. The van der Waals surface area contributed by atoms with Crippen molar-refractivity contribution < 1.29 is 28.6 Å². The van der Waals surface area contributed by atoms with Crippen molar-refractivity contribution in [3.8, 4) is 0 Å². The third kappa shape index (κ3) is 55.1. The Labute approximate surface area is 426 Å². The van der Waals surface area contributed by atoms with E-state index in [1.165, 1.54) is 128 Å². The summed E-state index contributed by atoms with van der Waals surface area (Å²) in [6.45, 7) is 6.45. The molecule has 0 heterocycles. The van der Waals surface area contributed by atoms with Crippen molar-refractivity contribution in [3.05, 3.63) is 97.2 Å². The highest BCUT2D eigenvalue weighted by Gasteiger charge is 2.19. The van der Waals surface area contributed by atoms with E-state index in [9.17, 15) is 14.4 Å². The first kappa shape index (κ1) is 65.3. The zero-order chi connectivity index (χ0) is 50.0. The van der Waals surface area contributed by atoms with Gasteiger partial charge in [-0.25, -0.2) is 0 Å². The molecular weight excluding hydrogens is 853 g/mol. The molecule has 0 saturated carbocycles. The summed E-state index contributed by atoms with van der Waals surface area (Å²) in [6, 6.07) is 0. The fraction of sp³-hybridized carbons (Fsp3) is 0.698. The van der Waals surface area contributed by atoms with E-state index in [-0.39, 0.29) is 31.6 Å². The van der Waals surface area contributed by atoms with Gasteiger partial charge in [0.15, 0.2) is 6.10 Å². The number of ether oxygens (including phenoxy) is 3. The molecule has 6 heteroatoms. The number of carbonyl (C=O) groups excluding carboxylic acids is 3. The average Bonchev–Trinajstić information content (AvgIpc) is 3.35. The first-order valence-electron chi connectivity index (χ1n) is 28.7. The van der Waals surface area contributed by atoms with Crippen molar-refractivity contribution >= 4 is 17.9 Å². The molecule has 6 nitrogen and oxygen atoms in total. The van der Waals surface area contributed by atoms with Gasteiger partial charge in [0.2, 0.25) is 0 Å². The number of carbonyl (C=O) groups is 3. The van der Waals surface area contributed by atoms with Crippen LogP contribution in [-0.2, 0) is 28.6 Å². The molecule has 0 rings (SSSR count). The minimum Gasteiger partial charge on any atom is -0.462 e. The Morgan fingerprint density at radius 1 is 0.304 bits per heavy atom. The molecule has 1 atom stereocenters. The van der Waals surface area contributed by atoms with Gasteiger partial charge < -0.3 is 14.2 Å². The molecule has 0 spiro atoms. The third-order valence-electron chi connectivity index (χ3n) is 12.1. The Kier molecular flexibility index (Phi) is 53.9. The maximum atomic E-state index is 12.8. The molecule has 0 aromatic heterocycles. The van der Waals surface area contributed by atoms with Crippen molar-refractivity contribution in [1.29, 1.82) is 0 Å². The Hall–Kier alpha value is -3.67. The Bertz CT molecular complexity index is 1380. The predicted octanol–water partition coefficient (Wildman–Crippen LogP) is 19.3. The molecule has 0 bridgehead atoms. The van der Waals surface area contributed by atoms with E-state index < -0.39 is 12.1 Å². The van der Waals surface area contributed by atoms with Crippen LogP contribution in [0.15, 0.2) is 97.2 Å². The standard InChI is InChI=1S/C63H106O6/c1-4-7-10-13-16-19-22-25-28-30-31-33-36-39-42-45-48-51-54-57-63(66)69-60(58-67-61(64)55-52-49-46-43-40-37-34-27-24-21-18-15-12-9-6-3)59-68-62(65)56-53-50-47-44-41-38-35-32-29-26-23-20-17-14-11-8-5-2/h7,10,16-17,19-20,25-26,28-29,31,33,39,42,48,51,60H,4-6,8-9,11-15,18,21-24,27,30,32,34-38,40-41,43-47,49-50,52-59H2,1-3H3/b10-7-,19-16-,20-17-,28-25-,29-26-,33-31-,42-39-,51-48-/t60-/m0/s1. The molecule has 0 amide bonds. The maximum absolute atomic E-state index is 12.8. The molecule has 0 aromatic carbocycles. The molecule has 0 aliphatic carbocycles. The number of esters is 3. The van der Waals surface area contributed by atoms with Crippen LogP contribution in [0.1, 0.15) is 265 Å². The van der Waals surface area contributed by atoms with Gasteiger partial charge in [-0.2, -0.15) is 0 Å². The molecule has 0 radical (unpaired) electrons. The van der Waals surface area contributed by atoms with Crippen LogP contribution in [0.3, 0.4) is 0 Å². The third-order valence-corrected chi connectivity index (χ3v) is 12.1. The zero-order valence-electron chi connectivity index (χ0n) is 45.0. The highest BCUT2D eigenvalue weighted by Crippen LogP contribution is 2.15. The van der Waals surface area contributed by atoms with Gasteiger partial charge in [-0.1, -0.05) is 253 Å². The van der Waals surface area contributed by atoms with Gasteiger partial charge >= 0.3 is 17.9 Å². The van der Waals surface area contributed by atoms with Crippen LogP contribution in [0.2, 0.25) is 0 Å². The van der Waals surface area contributed by atoms with E-state index in [0.717, 1.165) is 89.9 Å². The number of hydrogen-bond donors (Lipinski definition) is 0. The summed E-state index contributed by atoms with van der Waals surface area (Å²) in [5.74, 6) is -0.997. The zero-order valence-corrected chi connectivity index (χ0v) is 45.0. The highest BCUT2D eigenvalue weighted by molar-refractivity contribution is 5.71. The van der Waals surface area contributed by atoms with Crippen molar-refractivity contribution in [2.45, 2.75) is 271 Å². The molecule has 0 saturated heterocycles. The summed E-state index contributed by atoms with van der Waals surface area (Å²) in [7, 11) is 0. The van der Waals surface area contributed by atoms with Gasteiger partial charge in [0, 0.05) is 19.3 Å². The fourth-order valence-corrected chi connectivity index (χ4v) is 7.79. The molecule has 0 unspecified atom stereocenters. The van der Waals surface area contributed by atoms with Crippen molar-refractivity contribution in [2.75, 3.05) is 13.2 Å². The largest absolute Gasteiger partial charge is 0.462 e. The van der Waals surface area contributed by atoms with Gasteiger partial charge in [0.1, 0.15) is 13.2 Å². The molecule has 0 aliphatic rings. The molecule has 394 valence electrons. The minimum absolute atomic E-state index is 0.109. The van der Waals surface area contributed by atoms with Crippen LogP contribution in [0.4, 0.5) is 0 Å². The lowest BCUT2D eigenvalue weighted by atomic mass is 10.0. The lowest BCUT2D eigenvalue weighted by molar-refractivity contribution is -0.166. The van der Waals surface area contributed by atoms with Gasteiger partial charge in [-0.15, -0.1) is 0 Å². The summed E-state index contributed by atoms with van der Waals surface area (Å²) in [5.41, 5.74) is 0. The average molecular weight is 960 g/mol. The van der Waals surface area contributed by atoms with Gasteiger partial charge in [-0.05, 0) is 89.9 Å². The summed E-state index contributed by atoms with van der Waals surface area (Å²) in [5, 5.41) is 0. The minimum atomic E-state index is -0.821. The molecule has 0 N–H and O–H groups in total. The fourth-order valence-electron chi connectivity index (χ4n) is 7.79. The van der Waals surface area contributed by atoms with Crippen molar-refractivity contribution in [1.82, 2.24) is 0 Å².